The molecule has 2 heterocycles. The maximum atomic E-state index is 4.53. The van der Waals surface area contributed by atoms with E-state index in [1.165, 1.54) is 43.8 Å². The quantitative estimate of drug-likeness (QED) is 0.890. The van der Waals surface area contributed by atoms with E-state index >= 15 is 0 Å². The standard InChI is InChI=1S/C13H21N3S/c1-16-7-2-3-10(9-15-11-4-5-11)12(16)13-14-6-8-17-13/h6,8,10-12,15H,2-5,7,9H2,1H3. The topological polar surface area (TPSA) is 28.2 Å². The third kappa shape index (κ3) is 2.69. The van der Waals surface area contributed by atoms with Gasteiger partial charge in [-0.25, -0.2) is 4.98 Å². The first-order valence-electron chi connectivity index (χ1n) is 6.67. The van der Waals surface area contributed by atoms with E-state index in [0.717, 1.165) is 12.0 Å². The molecule has 1 aromatic rings. The van der Waals surface area contributed by atoms with Gasteiger partial charge < -0.3 is 5.32 Å². The molecule has 17 heavy (non-hydrogen) atoms. The van der Waals surface area contributed by atoms with E-state index in [0.29, 0.717) is 6.04 Å². The van der Waals surface area contributed by atoms with Crippen LogP contribution in [0.2, 0.25) is 0 Å². The molecule has 1 saturated heterocycles. The maximum Gasteiger partial charge on any atom is 0.110 e. The summed E-state index contributed by atoms with van der Waals surface area (Å²) in [5.41, 5.74) is 0. The van der Waals surface area contributed by atoms with Crippen LogP contribution in [-0.4, -0.2) is 36.1 Å². The lowest BCUT2D eigenvalue weighted by Crippen LogP contribution is -2.40. The summed E-state index contributed by atoms with van der Waals surface area (Å²) >= 11 is 1.81. The van der Waals surface area contributed by atoms with Crippen LogP contribution in [0.5, 0.6) is 0 Å². The van der Waals surface area contributed by atoms with Gasteiger partial charge >= 0.3 is 0 Å². The summed E-state index contributed by atoms with van der Waals surface area (Å²) < 4.78 is 0. The first-order chi connectivity index (χ1) is 8.34. The Labute approximate surface area is 107 Å². The lowest BCUT2D eigenvalue weighted by atomic mass is 9.89. The van der Waals surface area contributed by atoms with Gasteiger partial charge in [0.15, 0.2) is 0 Å². The highest BCUT2D eigenvalue weighted by molar-refractivity contribution is 7.09. The molecule has 2 aliphatic rings. The number of hydrogen-bond acceptors (Lipinski definition) is 4. The molecule has 3 nitrogen and oxygen atoms in total. The van der Waals surface area contributed by atoms with Crippen molar-refractivity contribution in [1.82, 2.24) is 15.2 Å². The van der Waals surface area contributed by atoms with Crippen molar-refractivity contribution in [2.24, 2.45) is 5.92 Å². The van der Waals surface area contributed by atoms with E-state index in [1.54, 1.807) is 11.3 Å². The zero-order chi connectivity index (χ0) is 11.7. The van der Waals surface area contributed by atoms with Crippen LogP contribution >= 0.6 is 11.3 Å². The van der Waals surface area contributed by atoms with Gasteiger partial charge in [-0.15, -0.1) is 11.3 Å². The summed E-state index contributed by atoms with van der Waals surface area (Å²) in [6.07, 6.45) is 7.37. The number of aromatic nitrogens is 1. The van der Waals surface area contributed by atoms with E-state index in [9.17, 15) is 0 Å². The number of thiazole rings is 1. The van der Waals surface area contributed by atoms with Crippen LogP contribution in [-0.2, 0) is 0 Å². The summed E-state index contributed by atoms with van der Waals surface area (Å²) in [6, 6.07) is 1.36. The van der Waals surface area contributed by atoms with Gasteiger partial charge in [0.1, 0.15) is 5.01 Å². The molecule has 0 radical (unpaired) electrons. The number of piperidine rings is 1. The van der Waals surface area contributed by atoms with Crippen molar-refractivity contribution in [2.45, 2.75) is 37.8 Å². The Kier molecular flexibility index (Phi) is 3.45. The Morgan fingerprint density at radius 2 is 2.35 bits per heavy atom. The summed E-state index contributed by atoms with van der Waals surface area (Å²) in [4.78, 5) is 7.02. The van der Waals surface area contributed by atoms with Crippen molar-refractivity contribution in [3.63, 3.8) is 0 Å². The maximum absolute atomic E-state index is 4.53. The van der Waals surface area contributed by atoms with E-state index in [4.69, 9.17) is 0 Å². The predicted molar refractivity (Wildman–Crippen MR) is 71.2 cm³/mol. The minimum atomic E-state index is 0.537. The second-order valence-electron chi connectivity index (χ2n) is 5.38. The molecular weight excluding hydrogens is 230 g/mol. The van der Waals surface area contributed by atoms with Crippen LogP contribution in [0.15, 0.2) is 11.6 Å². The Morgan fingerprint density at radius 1 is 1.47 bits per heavy atom. The molecule has 1 saturated carbocycles. The number of likely N-dealkylation sites (tertiary alicyclic amines) is 1. The minimum absolute atomic E-state index is 0.537. The van der Waals surface area contributed by atoms with Crippen molar-refractivity contribution in [1.29, 1.82) is 0 Å². The molecule has 4 heteroatoms. The van der Waals surface area contributed by atoms with Crippen LogP contribution in [0.1, 0.15) is 36.7 Å². The van der Waals surface area contributed by atoms with Gasteiger partial charge in [0.2, 0.25) is 0 Å². The smallest absolute Gasteiger partial charge is 0.110 e. The summed E-state index contributed by atoms with van der Waals surface area (Å²) in [6.45, 7) is 2.38. The molecule has 0 aromatic carbocycles. The van der Waals surface area contributed by atoms with Crippen LogP contribution in [0.3, 0.4) is 0 Å². The first kappa shape index (κ1) is 11.6. The van der Waals surface area contributed by atoms with Crippen LogP contribution in [0.25, 0.3) is 0 Å². The molecule has 1 aliphatic heterocycles. The summed E-state index contributed by atoms with van der Waals surface area (Å²) in [5, 5.41) is 7.09. The monoisotopic (exact) mass is 251 g/mol. The SMILES string of the molecule is CN1CCCC(CNC2CC2)C1c1nccs1. The Morgan fingerprint density at radius 3 is 3.06 bits per heavy atom. The van der Waals surface area contributed by atoms with E-state index < -0.39 is 0 Å². The summed E-state index contributed by atoms with van der Waals surface area (Å²) in [5.74, 6) is 0.737. The number of nitrogens with one attached hydrogen (secondary N) is 1. The second-order valence-corrected chi connectivity index (χ2v) is 6.31. The van der Waals surface area contributed by atoms with Gasteiger partial charge in [-0.2, -0.15) is 0 Å². The van der Waals surface area contributed by atoms with Crippen molar-refractivity contribution in [3.8, 4) is 0 Å². The predicted octanol–water partition coefficient (Wildman–Crippen LogP) is 2.28. The van der Waals surface area contributed by atoms with Crippen molar-refractivity contribution in [2.75, 3.05) is 20.1 Å². The van der Waals surface area contributed by atoms with E-state index in [-0.39, 0.29) is 0 Å². The fourth-order valence-corrected chi connectivity index (χ4v) is 3.74. The molecule has 94 valence electrons. The van der Waals surface area contributed by atoms with Gasteiger partial charge in [-0.05, 0) is 45.2 Å². The van der Waals surface area contributed by atoms with Gasteiger partial charge in [0, 0.05) is 24.2 Å². The van der Waals surface area contributed by atoms with E-state index in [2.05, 4.69) is 27.6 Å². The van der Waals surface area contributed by atoms with Crippen molar-refractivity contribution < 1.29 is 0 Å². The van der Waals surface area contributed by atoms with Gasteiger partial charge in [-0.1, -0.05) is 0 Å². The highest BCUT2D eigenvalue weighted by Crippen LogP contribution is 2.36. The number of rotatable bonds is 4. The molecule has 0 spiro atoms. The zero-order valence-corrected chi connectivity index (χ0v) is 11.2. The minimum Gasteiger partial charge on any atom is -0.314 e. The molecule has 0 amide bonds. The fraction of sp³-hybridized carbons (Fsp3) is 0.769. The molecule has 1 aliphatic carbocycles. The average molecular weight is 251 g/mol. The molecular formula is C13H21N3S. The first-order valence-corrected chi connectivity index (χ1v) is 7.55. The molecule has 1 aromatic heterocycles. The second kappa shape index (κ2) is 5.04. The lowest BCUT2D eigenvalue weighted by Gasteiger charge is -2.38. The third-order valence-electron chi connectivity index (χ3n) is 3.96. The lowest BCUT2D eigenvalue weighted by molar-refractivity contribution is 0.119. The average Bonchev–Trinajstić information content (AvgIpc) is 3.01. The fourth-order valence-electron chi connectivity index (χ4n) is 2.85. The Hall–Kier alpha value is -0.450. The summed E-state index contributed by atoms with van der Waals surface area (Å²) in [7, 11) is 2.25. The highest BCUT2D eigenvalue weighted by Gasteiger charge is 2.33. The molecule has 1 N–H and O–H groups in total. The van der Waals surface area contributed by atoms with E-state index in [1.807, 2.05) is 6.20 Å². The van der Waals surface area contributed by atoms with Gasteiger partial charge in [-0.3, -0.25) is 4.90 Å². The normalized spacial score (nSPS) is 30.6. The van der Waals surface area contributed by atoms with Crippen LogP contribution in [0, 0.1) is 5.92 Å². The van der Waals surface area contributed by atoms with Crippen molar-refractivity contribution >= 4 is 11.3 Å². The van der Waals surface area contributed by atoms with Gasteiger partial charge in [0.05, 0.1) is 6.04 Å². The molecule has 3 rings (SSSR count). The van der Waals surface area contributed by atoms with Gasteiger partial charge in [0.25, 0.3) is 0 Å². The highest BCUT2D eigenvalue weighted by atomic mass is 32.1. The Bertz CT molecular complexity index is 348. The van der Waals surface area contributed by atoms with Crippen LogP contribution in [0.4, 0.5) is 0 Å². The number of hydrogen-bond donors (Lipinski definition) is 1. The molecule has 2 unspecified atom stereocenters. The van der Waals surface area contributed by atoms with Crippen LogP contribution < -0.4 is 5.32 Å². The zero-order valence-electron chi connectivity index (χ0n) is 10.4. The third-order valence-corrected chi connectivity index (χ3v) is 4.80. The Balaban J connectivity index is 1.69. The number of nitrogens with zero attached hydrogens (tertiary/aromatic N) is 2. The molecule has 2 atom stereocenters. The molecule has 2 fully saturated rings. The molecule has 0 bridgehead atoms. The van der Waals surface area contributed by atoms with Crippen molar-refractivity contribution in [3.05, 3.63) is 16.6 Å². The largest absolute Gasteiger partial charge is 0.314 e.